The Balaban J connectivity index is 1.63. The van der Waals surface area contributed by atoms with Gasteiger partial charge in [-0.2, -0.15) is 5.10 Å². The number of aryl methyl sites for hydroxylation is 2. The first-order chi connectivity index (χ1) is 13.5. The Morgan fingerprint density at radius 2 is 1.89 bits per heavy atom. The average Bonchev–Trinajstić information content (AvgIpc) is 3.01. The van der Waals surface area contributed by atoms with E-state index in [2.05, 4.69) is 28.8 Å². The van der Waals surface area contributed by atoms with E-state index in [0.29, 0.717) is 18.7 Å². The summed E-state index contributed by atoms with van der Waals surface area (Å²) in [7, 11) is 1.88. The molecule has 0 atom stereocenters. The summed E-state index contributed by atoms with van der Waals surface area (Å²) < 4.78 is 1.77. The predicted molar refractivity (Wildman–Crippen MR) is 110 cm³/mol. The summed E-state index contributed by atoms with van der Waals surface area (Å²) in [4.78, 5) is 26.7. The van der Waals surface area contributed by atoms with Crippen molar-refractivity contribution in [2.75, 3.05) is 31.1 Å². The number of nitrogens with zero attached hydrogens (tertiary/aromatic N) is 6. The highest BCUT2D eigenvalue weighted by atomic mass is 16.2. The van der Waals surface area contributed by atoms with Crippen molar-refractivity contribution >= 4 is 22.8 Å². The van der Waals surface area contributed by atoms with Crippen molar-refractivity contribution in [3.05, 3.63) is 47.4 Å². The Kier molecular flexibility index (Phi) is 4.75. The fourth-order valence-corrected chi connectivity index (χ4v) is 3.78. The molecule has 28 heavy (non-hydrogen) atoms. The van der Waals surface area contributed by atoms with E-state index < -0.39 is 0 Å². The van der Waals surface area contributed by atoms with Crippen molar-refractivity contribution in [2.24, 2.45) is 7.05 Å². The van der Waals surface area contributed by atoms with Gasteiger partial charge in [-0.25, -0.2) is 9.97 Å². The van der Waals surface area contributed by atoms with E-state index in [1.165, 1.54) is 0 Å². The van der Waals surface area contributed by atoms with Gasteiger partial charge in [-0.15, -0.1) is 0 Å². The van der Waals surface area contributed by atoms with Crippen molar-refractivity contribution in [3.8, 4) is 0 Å². The molecule has 1 aliphatic heterocycles. The molecule has 0 aliphatic carbocycles. The molecule has 4 rings (SSSR count). The second-order valence-electron chi connectivity index (χ2n) is 7.62. The van der Waals surface area contributed by atoms with Gasteiger partial charge < -0.3 is 9.80 Å². The predicted octanol–water partition coefficient (Wildman–Crippen LogP) is 2.76. The second-order valence-corrected chi connectivity index (χ2v) is 7.62. The Hall–Kier alpha value is -2.96. The van der Waals surface area contributed by atoms with E-state index in [1.54, 1.807) is 10.9 Å². The molecule has 7 nitrogen and oxygen atoms in total. The van der Waals surface area contributed by atoms with Crippen LogP contribution in [0, 0.1) is 6.92 Å². The highest BCUT2D eigenvalue weighted by molar-refractivity contribution is 6.06. The number of amides is 1. The van der Waals surface area contributed by atoms with Crippen LogP contribution in [0.1, 0.15) is 41.5 Å². The molecule has 0 saturated carbocycles. The fourth-order valence-electron chi connectivity index (χ4n) is 3.78. The number of hydrogen-bond acceptors (Lipinski definition) is 5. The van der Waals surface area contributed by atoms with Gasteiger partial charge in [0.15, 0.2) is 5.65 Å². The second kappa shape index (κ2) is 7.22. The lowest BCUT2D eigenvalue weighted by Crippen LogP contribution is -2.49. The number of anilines is 1. The Morgan fingerprint density at radius 3 is 2.54 bits per heavy atom. The van der Waals surface area contributed by atoms with Crippen LogP contribution in [0.2, 0.25) is 0 Å². The van der Waals surface area contributed by atoms with Crippen LogP contribution in [0.3, 0.4) is 0 Å². The van der Waals surface area contributed by atoms with Crippen LogP contribution in [0.4, 0.5) is 5.82 Å². The van der Waals surface area contributed by atoms with Gasteiger partial charge in [0.2, 0.25) is 0 Å². The minimum Gasteiger partial charge on any atom is -0.353 e. The van der Waals surface area contributed by atoms with E-state index in [9.17, 15) is 4.79 Å². The Bertz CT molecular complexity index is 1000. The number of carbonyl (C=O) groups excluding carboxylic acids is 1. The van der Waals surface area contributed by atoms with Gasteiger partial charge in [0.05, 0.1) is 16.6 Å². The largest absolute Gasteiger partial charge is 0.353 e. The zero-order valence-electron chi connectivity index (χ0n) is 16.9. The van der Waals surface area contributed by atoms with Crippen LogP contribution in [-0.2, 0) is 7.05 Å². The van der Waals surface area contributed by atoms with E-state index in [1.807, 2.05) is 43.1 Å². The van der Waals surface area contributed by atoms with Crippen molar-refractivity contribution < 1.29 is 4.79 Å². The molecule has 3 aromatic heterocycles. The number of rotatable bonds is 3. The Morgan fingerprint density at radius 1 is 1.14 bits per heavy atom. The topological polar surface area (TPSA) is 67.2 Å². The smallest absolute Gasteiger partial charge is 0.254 e. The molecule has 0 bridgehead atoms. The van der Waals surface area contributed by atoms with E-state index in [4.69, 9.17) is 4.98 Å². The van der Waals surface area contributed by atoms with E-state index in [-0.39, 0.29) is 11.8 Å². The van der Waals surface area contributed by atoms with Gasteiger partial charge in [0.25, 0.3) is 5.91 Å². The maximum absolute atomic E-state index is 13.4. The average molecular weight is 378 g/mol. The van der Waals surface area contributed by atoms with Crippen LogP contribution in [-0.4, -0.2) is 56.7 Å². The molecule has 4 heterocycles. The van der Waals surface area contributed by atoms with Crippen molar-refractivity contribution in [1.82, 2.24) is 24.6 Å². The first kappa shape index (κ1) is 18.4. The van der Waals surface area contributed by atoms with E-state index >= 15 is 0 Å². The monoisotopic (exact) mass is 378 g/mol. The van der Waals surface area contributed by atoms with Crippen molar-refractivity contribution in [3.63, 3.8) is 0 Å². The molecule has 146 valence electrons. The summed E-state index contributed by atoms with van der Waals surface area (Å²) in [5.74, 6) is 1.27. The molecule has 0 spiro atoms. The van der Waals surface area contributed by atoms with Crippen LogP contribution in [0.15, 0.2) is 30.5 Å². The summed E-state index contributed by atoms with van der Waals surface area (Å²) in [6.45, 7) is 9.04. The molecule has 3 aromatic rings. The lowest BCUT2D eigenvalue weighted by atomic mass is 10.0. The maximum Gasteiger partial charge on any atom is 0.254 e. The SMILES string of the molecule is Cc1nn(C)c2nc(C(C)C)cc(C(=O)N3CCN(c4ccccn4)CC3)c12. The van der Waals surface area contributed by atoms with Gasteiger partial charge in [-0.1, -0.05) is 19.9 Å². The highest BCUT2D eigenvalue weighted by Crippen LogP contribution is 2.26. The maximum atomic E-state index is 13.4. The first-order valence-electron chi connectivity index (χ1n) is 9.75. The van der Waals surface area contributed by atoms with Crippen LogP contribution < -0.4 is 4.90 Å². The number of carbonyl (C=O) groups is 1. The molecular weight excluding hydrogens is 352 g/mol. The lowest BCUT2D eigenvalue weighted by molar-refractivity contribution is 0.0748. The number of pyridine rings is 2. The minimum atomic E-state index is 0.0612. The number of hydrogen-bond donors (Lipinski definition) is 0. The quantitative estimate of drug-likeness (QED) is 0.701. The third-order valence-corrected chi connectivity index (χ3v) is 5.35. The summed E-state index contributed by atoms with van der Waals surface area (Å²) >= 11 is 0. The van der Waals surface area contributed by atoms with Gasteiger partial charge in [0.1, 0.15) is 5.82 Å². The normalized spacial score (nSPS) is 14.9. The molecular formula is C21H26N6O. The summed E-state index contributed by atoms with van der Waals surface area (Å²) in [5, 5.41) is 5.36. The molecule has 1 saturated heterocycles. The van der Waals surface area contributed by atoms with Gasteiger partial charge in [0, 0.05) is 45.1 Å². The molecule has 0 unspecified atom stereocenters. The molecule has 1 aliphatic rings. The van der Waals surface area contributed by atoms with Crippen LogP contribution in [0.5, 0.6) is 0 Å². The third kappa shape index (κ3) is 3.21. The highest BCUT2D eigenvalue weighted by Gasteiger charge is 2.26. The van der Waals surface area contributed by atoms with Crippen LogP contribution >= 0.6 is 0 Å². The molecule has 1 fully saturated rings. The fraction of sp³-hybridized carbons (Fsp3) is 0.429. The van der Waals surface area contributed by atoms with Crippen molar-refractivity contribution in [2.45, 2.75) is 26.7 Å². The van der Waals surface area contributed by atoms with E-state index in [0.717, 1.165) is 41.3 Å². The van der Waals surface area contributed by atoms with Crippen LogP contribution in [0.25, 0.3) is 11.0 Å². The Labute approximate surface area is 165 Å². The first-order valence-corrected chi connectivity index (χ1v) is 9.75. The number of fused-ring (bicyclic) bond motifs is 1. The molecule has 1 amide bonds. The van der Waals surface area contributed by atoms with Crippen molar-refractivity contribution in [1.29, 1.82) is 0 Å². The summed E-state index contributed by atoms with van der Waals surface area (Å²) in [6, 6.07) is 7.87. The minimum absolute atomic E-state index is 0.0612. The number of piperazine rings is 1. The lowest BCUT2D eigenvalue weighted by Gasteiger charge is -2.35. The van der Waals surface area contributed by atoms with Gasteiger partial charge in [-0.3, -0.25) is 9.48 Å². The third-order valence-electron chi connectivity index (χ3n) is 5.35. The molecule has 0 radical (unpaired) electrons. The molecule has 0 N–H and O–H groups in total. The van der Waals surface area contributed by atoms with Gasteiger partial charge in [-0.05, 0) is 31.0 Å². The summed E-state index contributed by atoms with van der Waals surface area (Å²) in [5.41, 5.74) is 3.26. The molecule has 7 heteroatoms. The number of aromatic nitrogens is 4. The zero-order chi connectivity index (χ0) is 19.8. The zero-order valence-corrected chi connectivity index (χ0v) is 16.9. The summed E-state index contributed by atoms with van der Waals surface area (Å²) in [6.07, 6.45) is 1.80. The van der Waals surface area contributed by atoms with Gasteiger partial charge >= 0.3 is 0 Å². The molecule has 0 aromatic carbocycles. The standard InChI is InChI=1S/C21H26N6O/c1-14(2)17-13-16(19-15(3)24-25(4)20(19)23-17)21(28)27-11-9-26(10-12-27)18-7-5-6-8-22-18/h5-8,13-14H,9-12H2,1-4H3.